The Morgan fingerprint density at radius 1 is 0.607 bits per heavy atom. The molecule has 11 nitrogen and oxygen atoms in total. The smallest absolute Gasteiger partial charge is 0.249 e. The van der Waals surface area contributed by atoms with Crippen molar-refractivity contribution in [2.45, 2.75) is 262 Å². The number of unbranched alkanes of at least 4 members (excludes halogenated alkanes) is 23. The van der Waals surface area contributed by atoms with Gasteiger partial charge in [-0.25, -0.2) is 0 Å². The molecule has 1 amide bonds. The second kappa shape index (κ2) is 34.9. The number of aliphatic hydroxyl groups excluding tert-OH is 7. The molecule has 0 spiro atoms. The molecular formula is C45H89NO10. The van der Waals surface area contributed by atoms with Crippen LogP contribution in [0.3, 0.4) is 0 Å². The van der Waals surface area contributed by atoms with Crippen LogP contribution in [0.2, 0.25) is 0 Å². The summed E-state index contributed by atoms with van der Waals surface area (Å²) in [7, 11) is 0. The third kappa shape index (κ3) is 24.9. The van der Waals surface area contributed by atoms with Crippen LogP contribution >= 0.6 is 0 Å². The minimum absolute atomic E-state index is 0.265. The predicted molar refractivity (Wildman–Crippen MR) is 224 cm³/mol. The lowest BCUT2D eigenvalue weighted by Gasteiger charge is -2.40. The molecule has 1 aliphatic heterocycles. The molecule has 0 aromatic carbocycles. The Morgan fingerprint density at radius 3 is 1.48 bits per heavy atom. The van der Waals surface area contributed by atoms with Crippen LogP contribution in [-0.4, -0.2) is 110 Å². The predicted octanol–water partition coefficient (Wildman–Crippen LogP) is 7.36. The van der Waals surface area contributed by atoms with E-state index < -0.39 is 74.2 Å². The number of carbonyl (C=O) groups excluding carboxylic acids is 1. The Morgan fingerprint density at radius 2 is 1.04 bits per heavy atom. The van der Waals surface area contributed by atoms with E-state index in [2.05, 4.69) is 26.1 Å². The third-order valence-electron chi connectivity index (χ3n) is 12.0. The van der Waals surface area contributed by atoms with Gasteiger partial charge >= 0.3 is 0 Å². The number of hydrogen-bond acceptors (Lipinski definition) is 10. The largest absolute Gasteiger partial charge is 0.394 e. The van der Waals surface area contributed by atoms with Gasteiger partial charge in [0.15, 0.2) is 6.29 Å². The van der Waals surface area contributed by atoms with Crippen molar-refractivity contribution in [2.75, 3.05) is 13.2 Å². The quantitative estimate of drug-likeness (QED) is 0.0293. The summed E-state index contributed by atoms with van der Waals surface area (Å²) in [6, 6.07) is -1.16. The van der Waals surface area contributed by atoms with Crippen LogP contribution in [0, 0.1) is 5.92 Å². The first-order valence-electron chi connectivity index (χ1n) is 23.3. The van der Waals surface area contributed by atoms with Gasteiger partial charge in [-0.15, -0.1) is 0 Å². The van der Waals surface area contributed by atoms with E-state index in [1.54, 1.807) is 0 Å². The number of aliphatic hydroxyl groups is 7. The van der Waals surface area contributed by atoms with Gasteiger partial charge < -0.3 is 50.5 Å². The molecule has 10 atom stereocenters. The van der Waals surface area contributed by atoms with Gasteiger partial charge in [-0.3, -0.25) is 4.79 Å². The number of nitrogens with one attached hydrogen (secondary N) is 1. The summed E-state index contributed by atoms with van der Waals surface area (Å²) < 4.78 is 11.1. The van der Waals surface area contributed by atoms with Crippen LogP contribution in [0.4, 0.5) is 0 Å². The molecule has 0 aromatic rings. The fourth-order valence-corrected chi connectivity index (χ4v) is 7.65. The average Bonchev–Trinajstić information content (AvgIpc) is 3.20. The van der Waals surface area contributed by atoms with Gasteiger partial charge in [0, 0.05) is 0 Å². The molecule has 0 aliphatic carbocycles. The van der Waals surface area contributed by atoms with E-state index in [0.29, 0.717) is 19.3 Å². The van der Waals surface area contributed by atoms with Crippen molar-refractivity contribution in [3.8, 4) is 0 Å². The van der Waals surface area contributed by atoms with Crippen molar-refractivity contribution in [3.05, 3.63) is 0 Å². The highest BCUT2D eigenvalue weighted by Crippen LogP contribution is 2.23. The Kier molecular flexibility index (Phi) is 33.1. The number of rotatable bonds is 38. The molecule has 11 heteroatoms. The zero-order valence-corrected chi connectivity index (χ0v) is 36.0. The van der Waals surface area contributed by atoms with Gasteiger partial charge in [0.05, 0.1) is 25.4 Å². The fourth-order valence-electron chi connectivity index (χ4n) is 7.65. The van der Waals surface area contributed by atoms with Crippen molar-refractivity contribution >= 4 is 5.91 Å². The van der Waals surface area contributed by atoms with Crippen molar-refractivity contribution in [3.63, 3.8) is 0 Å². The zero-order chi connectivity index (χ0) is 41.4. The summed E-state index contributed by atoms with van der Waals surface area (Å²) >= 11 is 0. The monoisotopic (exact) mass is 804 g/mol. The number of carbonyl (C=O) groups is 1. The van der Waals surface area contributed by atoms with Gasteiger partial charge in [-0.05, 0) is 18.8 Å². The van der Waals surface area contributed by atoms with E-state index in [0.717, 1.165) is 44.4 Å². The summed E-state index contributed by atoms with van der Waals surface area (Å²) in [4.78, 5) is 13.1. The van der Waals surface area contributed by atoms with E-state index >= 15 is 0 Å². The Hall–Kier alpha value is -0.890. The van der Waals surface area contributed by atoms with Crippen molar-refractivity contribution < 1.29 is 50.0 Å². The molecule has 1 saturated heterocycles. The van der Waals surface area contributed by atoms with Crippen LogP contribution < -0.4 is 5.32 Å². The van der Waals surface area contributed by atoms with Gasteiger partial charge in [-0.1, -0.05) is 194 Å². The summed E-state index contributed by atoms with van der Waals surface area (Å²) in [6.07, 6.45) is 21.7. The van der Waals surface area contributed by atoms with Crippen LogP contribution in [0.25, 0.3) is 0 Å². The number of ether oxygens (including phenoxy) is 2. The van der Waals surface area contributed by atoms with E-state index in [-0.39, 0.29) is 6.42 Å². The van der Waals surface area contributed by atoms with Crippen molar-refractivity contribution in [1.29, 1.82) is 0 Å². The molecule has 1 fully saturated rings. The Labute approximate surface area is 341 Å². The lowest BCUT2D eigenvalue weighted by atomic mass is 9.97. The Balaban J connectivity index is 2.40. The molecule has 0 bridgehead atoms. The van der Waals surface area contributed by atoms with E-state index in [1.165, 1.54) is 122 Å². The molecule has 334 valence electrons. The van der Waals surface area contributed by atoms with E-state index in [1.807, 2.05) is 0 Å². The maximum Gasteiger partial charge on any atom is 0.249 e. The SMILES string of the molecule is CCCCCCCCCCCCCCCCCCCCCC(O)C(=O)NC(COC1OC(CO)C(O)C(O)C1O)C(O)C(O)CCCCCCCCC(C)CC. The lowest BCUT2D eigenvalue weighted by molar-refractivity contribution is -0.303. The van der Waals surface area contributed by atoms with Gasteiger partial charge in [0.1, 0.15) is 36.6 Å². The first-order valence-corrected chi connectivity index (χ1v) is 23.3. The fraction of sp³-hybridized carbons (Fsp3) is 0.978. The molecule has 0 aromatic heterocycles. The molecule has 0 radical (unpaired) electrons. The highest BCUT2D eigenvalue weighted by atomic mass is 16.7. The second-order valence-electron chi connectivity index (χ2n) is 17.1. The van der Waals surface area contributed by atoms with Crippen LogP contribution in [-0.2, 0) is 14.3 Å². The van der Waals surface area contributed by atoms with Crippen LogP contribution in [0.15, 0.2) is 0 Å². The third-order valence-corrected chi connectivity index (χ3v) is 12.0. The summed E-state index contributed by atoms with van der Waals surface area (Å²) in [5.41, 5.74) is 0. The lowest BCUT2D eigenvalue weighted by Crippen LogP contribution is -2.60. The molecule has 1 aliphatic rings. The molecule has 10 unspecified atom stereocenters. The molecule has 1 heterocycles. The van der Waals surface area contributed by atoms with Crippen LogP contribution in [0.1, 0.15) is 207 Å². The molecule has 8 N–H and O–H groups in total. The standard InChI is InChI=1S/C45H89NO10/c1-4-6-7-8-9-10-11-12-13-14-15-16-17-18-19-20-21-26-29-32-38(49)44(54)46-36(34-55-45-43(53)42(52)41(51)39(33-47)56-45)40(50)37(48)31-28-25-23-22-24-27-30-35(3)5-2/h35-43,45,47-53H,4-34H2,1-3H3,(H,46,54). The topological polar surface area (TPSA) is 189 Å². The molecule has 0 saturated carbocycles. The molecule has 1 rings (SSSR count). The van der Waals surface area contributed by atoms with Gasteiger partial charge in [0.25, 0.3) is 0 Å². The first-order chi connectivity index (χ1) is 27.1. The minimum atomic E-state index is -1.66. The average molecular weight is 804 g/mol. The maximum atomic E-state index is 13.1. The maximum absolute atomic E-state index is 13.1. The molecule has 56 heavy (non-hydrogen) atoms. The minimum Gasteiger partial charge on any atom is -0.394 e. The van der Waals surface area contributed by atoms with Crippen molar-refractivity contribution in [1.82, 2.24) is 5.32 Å². The summed E-state index contributed by atoms with van der Waals surface area (Å²) in [6.45, 7) is 5.71. The highest BCUT2D eigenvalue weighted by molar-refractivity contribution is 5.80. The normalized spacial score (nSPS) is 22.8. The van der Waals surface area contributed by atoms with E-state index in [4.69, 9.17) is 9.47 Å². The summed E-state index contributed by atoms with van der Waals surface area (Å²) in [5, 5.41) is 75.5. The Bertz CT molecular complexity index is 897. The summed E-state index contributed by atoms with van der Waals surface area (Å²) in [5.74, 6) is 0.0581. The number of amides is 1. The van der Waals surface area contributed by atoms with Crippen LogP contribution in [0.5, 0.6) is 0 Å². The molecular weight excluding hydrogens is 714 g/mol. The van der Waals surface area contributed by atoms with E-state index in [9.17, 15) is 40.5 Å². The number of hydrogen-bond donors (Lipinski definition) is 8. The second-order valence-corrected chi connectivity index (χ2v) is 17.1. The highest BCUT2D eigenvalue weighted by Gasteiger charge is 2.44. The van der Waals surface area contributed by atoms with Gasteiger partial charge in [0.2, 0.25) is 5.91 Å². The zero-order valence-electron chi connectivity index (χ0n) is 36.0. The first kappa shape index (κ1) is 53.1. The van der Waals surface area contributed by atoms with Crippen molar-refractivity contribution in [2.24, 2.45) is 5.92 Å². The van der Waals surface area contributed by atoms with Gasteiger partial charge in [-0.2, -0.15) is 0 Å².